The van der Waals surface area contributed by atoms with Crippen molar-refractivity contribution >= 4 is 46.4 Å². The molecule has 0 aliphatic heterocycles. The first-order chi connectivity index (χ1) is 18.5. The van der Waals surface area contributed by atoms with Gasteiger partial charge < -0.3 is 35.5 Å². The average molecular weight is 708 g/mol. The van der Waals surface area contributed by atoms with Gasteiger partial charge in [-0.1, -0.05) is 107 Å². The van der Waals surface area contributed by atoms with Gasteiger partial charge in [0.1, 0.15) is 11.5 Å². The zero-order valence-corrected chi connectivity index (χ0v) is 33.3. The number of phenols is 2. The summed E-state index contributed by atoms with van der Waals surface area (Å²) in [6.45, 7) is 29.6. The van der Waals surface area contributed by atoms with Crippen LogP contribution in [0.4, 0.5) is 0 Å². The zero-order valence-electron chi connectivity index (χ0n) is 28.8. The van der Waals surface area contributed by atoms with Gasteiger partial charge in [0.15, 0.2) is 0 Å². The molecule has 0 aliphatic carbocycles. The van der Waals surface area contributed by atoms with E-state index < -0.39 is 0 Å². The molecule has 2 N–H and O–H groups in total. The summed E-state index contributed by atoms with van der Waals surface area (Å²) in [5, 5.41) is 20.7. The van der Waals surface area contributed by atoms with Crippen LogP contribution in [0, 0.1) is 0 Å². The number of hydrogen-bond donors (Lipinski definition) is 2. The quantitative estimate of drug-likeness (QED) is 0.178. The van der Waals surface area contributed by atoms with Gasteiger partial charge in [0.25, 0.3) is 0 Å². The van der Waals surface area contributed by atoms with E-state index in [-0.39, 0.29) is 42.8 Å². The Bertz CT molecular complexity index is 909. The van der Waals surface area contributed by atoms with E-state index in [2.05, 4.69) is 96.9 Å². The second-order valence-corrected chi connectivity index (χ2v) is 20.4. The fourth-order valence-corrected chi connectivity index (χ4v) is 8.86. The maximum atomic E-state index is 10.3. The van der Waals surface area contributed by atoms with E-state index in [1.54, 1.807) is 8.87 Å². The second kappa shape index (κ2) is 16.9. The zero-order chi connectivity index (χ0) is 32.4. The van der Waals surface area contributed by atoms with Crippen molar-refractivity contribution in [2.45, 2.75) is 163 Å². The molecule has 0 aromatic heterocycles. The second-order valence-electron chi connectivity index (χ2n) is 15.2. The molecule has 2 nitrogen and oxygen atoms in total. The Balaban J connectivity index is 0.000000612. The van der Waals surface area contributed by atoms with Gasteiger partial charge in [0, 0.05) is 0 Å². The van der Waals surface area contributed by atoms with E-state index in [0.29, 0.717) is 11.5 Å². The van der Waals surface area contributed by atoms with E-state index in [1.165, 1.54) is 25.7 Å². The molecular weight excluding hydrogens is 647 g/mol. The summed E-state index contributed by atoms with van der Waals surface area (Å²) in [4.78, 5) is 1.60. The van der Waals surface area contributed by atoms with Crippen LogP contribution < -0.4 is 0 Å². The van der Waals surface area contributed by atoms with Gasteiger partial charge in [-0.25, -0.2) is 0 Å². The van der Waals surface area contributed by atoms with Crippen LogP contribution in [0.1, 0.15) is 145 Å². The molecule has 0 spiro atoms. The molecule has 0 saturated heterocycles. The van der Waals surface area contributed by atoms with E-state index in [9.17, 15) is 10.2 Å². The predicted molar refractivity (Wildman–Crippen MR) is 187 cm³/mol. The minimum absolute atomic E-state index is 0.0844. The first-order valence-corrected chi connectivity index (χ1v) is 20.1. The van der Waals surface area contributed by atoms with Crippen LogP contribution >= 0.6 is 0 Å². The van der Waals surface area contributed by atoms with Crippen molar-refractivity contribution < 1.29 is 10.2 Å². The molecule has 0 bridgehead atoms. The number of rotatable bonds is 6. The number of benzene rings is 2. The van der Waals surface area contributed by atoms with E-state index >= 15 is 0 Å². The van der Waals surface area contributed by atoms with Gasteiger partial charge in [-0.2, -0.15) is 9.79 Å². The van der Waals surface area contributed by atoms with E-state index in [0.717, 1.165) is 32.0 Å². The Morgan fingerprint density at radius 2 is 0.732 bits per heavy atom. The van der Waals surface area contributed by atoms with Crippen molar-refractivity contribution in [3.05, 3.63) is 46.5 Å². The molecule has 5 heteroatoms. The number of phenolic OH excluding ortho intramolecular Hbond substituents is 2. The van der Waals surface area contributed by atoms with Crippen LogP contribution in [0.25, 0.3) is 0 Å². The molecule has 2 rings (SSSR count). The molecule has 2 aromatic carbocycles. The van der Waals surface area contributed by atoms with Crippen LogP contribution in [0.2, 0.25) is 8.87 Å². The Morgan fingerprint density at radius 3 is 0.902 bits per heavy atom. The summed E-state index contributed by atoms with van der Waals surface area (Å²) in [6, 6.07) is 7.61. The van der Waals surface area contributed by atoms with Gasteiger partial charge >= 0.3 is 69.5 Å². The fraction of sp³-hybridized carbons (Fsp3) is 0.667. The van der Waals surface area contributed by atoms with Crippen molar-refractivity contribution in [1.82, 2.24) is 0 Å². The molecular formula is C36H60O2S2Sn. The molecule has 0 atom stereocenters. The van der Waals surface area contributed by atoms with E-state index in [1.807, 2.05) is 24.3 Å². The molecule has 0 aliphatic rings. The summed E-state index contributed by atoms with van der Waals surface area (Å²) >= 11 is 10.7. The van der Waals surface area contributed by atoms with Crippen molar-refractivity contribution in [3.63, 3.8) is 0 Å². The van der Waals surface area contributed by atoms with Crippen LogP contribution in [0.3, 0.4) is 0 Å². The topological polar surface area (TPSA) is 40.5 Å². The molecule has 2 aromatic rings. The summed E-state index contributed by atoms with van der Waals surface area (Å²) in [6.07, 6.45) is 5.84. The minimum atomic E-state index is -0.0844. The Labute approximate surface area is 276 Å². The third kappa shape index (κ3) is 14.5. The Morgan fingerprint density at radius 1 is 0.512 bits per heavy atom. The normalized spacial score (nSPS) is 12.0. The number of hydrogen-bond acceptors (Lipinski definition) is 4. The molecule has 232 valence electrons. The third-order valence-electron chi connectivity index (χ3n) is 6.81. The van der Waals surface area contributed by atoms with Gasteiger partial charge in [-0.3, -0.25) is 0 Å². The van der Waals surface area contributed by atoms with Crippen LogP contribution in [0.5, 0.6) is 11.5 Å². The monoisotopic (exact) mass is 708 g/mol. The fourth-order valence-electron chi connectivity index (χ4n) is 4.23. The van der Waals surface area contributed by atoms with Gasteiger partial charge in [-0.15, -0.1) is 0 Å². The molecule has 0 amide bonds. The first kappa shape index (κ1) is 40.3. The SMILES string of the molecule is CC(C)(C)c1cc([S-])cc(C(C)(C)C)c1O.CC(C)(C)c1cc([S-])cc(C(C)(C)C)c1O.CCC[CH2][Sn+2][CH2]CCC. The van der Waals surface area contributed by atoms with Crippen LogP contribution in [-0.4, -0.2) is 31.4 Å². The molecule has 0 saturated carbocycles. The maximum absolute atomic E-state index is 10.3. The van der Waals surface area contributed by atoms with Crippen LogP contribution in [-0.2, 0) is 46.9 Å². The summed E-state index contributed by atoms with van der Waals surface area (Å²) in [5.74, 6) is 0.794. The summed E-state index contributed by atoms with van der Waals surface area (Å²) in [7, 11) is 0. The molecule has 0 fully saturated rings. The number of unbranched alkanes of at least 4 members (excludes halogenated alkanes) is 2. The summed E-state index contributed by atoms with van der Waals surface area (Å²) < 4.78 is 3.25. The molecule has 41 heavy (non-hydrogen) atoms. The van der Waals surface area contributed by atoms with Gasteiger partial charge in [0.2, 0.25) is 0 Å². The van der Waals surface area contributed by atoms with Crippen LogP contribution in [0.15, 0.2) is 34.1 Å². The Kier molecular flexibility index (Phi) is 16.6. The van der Waals surface area contributed by atoms with Crippen molar-refractivity contribution in [1.29, 1.82) is 0 Å². The standard InChI is InChI=1S/2C14H22OS.2C4H9.Sn/c2*1-13(2,3)10-7-9(16)8-11(12(10)15)14(4,5)6;2*1-3-4-2;/h2*7-8,15-16H,1-6H3;2*1,3-4H2,2H3;/q;;;;+2/p-2. The average Bonchev–Trinajstić information content (AvgIpc) is 2.79. The van der Waals surface area contributed by atoms with Crippen molar-refractivity contribution in [2.75, 3.05) is 0 Å². The number of aromatic hydroxyl groups is 2. The first-order valence-electron chi connectivity index (χ1n) is 15.3. The molecule has 0 radical (unpaired) electrons. The predicted octanol–water partition coefficient (Wildman–Crippen LogP) is 10.9. The third-order valence-corrected chi connectivity index (χ3v) is 11.3. The van der Waals surface area contributed by atoms with Gasteiger partial charge in [0.05, 0.1) is 0 Å². The molecule has 0 unspecified atom stereocenters. The van der Waals surface area contributed by atoms with E-state index in [4.69, 9.17) is 25.3 Å². The van der Waals surface area contributed by atoms with Gasteiger partial charge in [-0.05, 0) is 43.9 Å². The van der Waals surface area contributed by atoms with Crippen molar-refractivity contribution in [3.8, 4) is 11.5 Å². The molecule has 0 heterocycles. The van der Waals surface area contributed by atoms with Crippen molar-refractivity contribution in [2.24, 2.45) is 0 Å². The Hall–Kier alpha value is -0.721. The summed E-state index contributed by atoms with van der Waals surface area (Å²) in [5.41, 5.74) is 3.40.